The van der Waals surface area contributed by atoms with Gasteiger partial charge in [0.05, 0.1) is 6.54 Å². The van der Waals surface area contributed by atoms with Crippen LogP contribution in [0, 0.1) is 0 Å². The van der Waals surface area contributed by atoms with Crippen molar-refractivity contribution in [2.75, 3.05) is 37.0 Å². The largest absolute Gasteiger partial charge is 0.486 e. The first kappa shape index (κ1) is 10.8. The molecule has 0 amide bonds. The Bertz CT molecular complexity index is 634. The van der Waals surface area contributed by atoms with Crippen molar-refractivity contribution in [2.24, 2.45) is 0 Å². The average molecular weight is 260 g/mol. The molecule has 2 aromatic rings. The van der Waals surface area contributed by atoms with Crippen molar-refractivity contribution in [1.29, 1.82) is 0 Å². The van der Waals surface area contributed by atoms with E-state index in [2.05, 4.69) is 39.2 Å². The van der Waals surface area contributed by atoms with Crippen molar-refractivity contribution in [3.05, 3.63) is 6.33 Å². The normalized spacial score (nSPS) is 18.3. The van der Waals surface area contributed by atoms with Crippen molar-refractivity contribution in [1.82, 2.24) is 19.8 Å². The van der Waals surface area contributed by atoms with E-state index < -0.39 is 0 Å². The molecule has 7 nitrogen and oxygen atoms in total. The molecule has 2 aliphatic rings. The topological polar surface area (TPSA) is 58.8 Å². The van der Waals surface area contributed by atoms with Crippen LogP contribution >= 0.6 is 0 Å². The monoisotopic (exact) mass is 260 g/mol. The van der Waals surface area contributed by atoms with Crippen molar-refractivity contribution < 1.29 is 4.74 Å². The van der Waals surface area contributed by atoms with E-state index in [1.165, 1.54) is 12.8 Å². The van der Waals surface area contributed by atoms with Crippen LogP contribution in [0.15, 0.2) is 6.33 Å². The molecule has 19 heavy (non-hydrogen) atoms. The fraction of sp³-hybridized carbons (Fsp3) is 0.583. The number of hydrogen-bond acceptors (Lipinski definition) is 6. The Balaban J connectivity index is 1.97. The highest BCUT2D eigenvalue weighted by Crippen LogP contribution is 2.42. The minimum Gasteiger partial charge on any atom is -0.486 e. The minimum absolute atomic E-state index is 0.598. The second-order valence-electron chi connectivity index (χ2n) is 5.21. The molecule has 1 aliphatic heterocycles. The predicted octanol–water partition coefficient (Wildman–Crippen LogP) is 0.551. The van der Waals surface area contributed by atoms with E-state index in [1.807, 2.05) is 0 Å². The van der Waals surface area contributed by atoms with Crippen LogP contribution < -0.4 is 14.5 Å². The summed E-state index contributed by atoms with van der Waals surface area (Å²) in [6, 6.07) is 0.598. The van der Waals surface area contributed by atoms with Crippen LogP contribution in [-0.4, -0.2) is 53.1 Å². The third kappa shape index (κ3) is 1.54. The number of nitrogens with zero attached hydrogens (tertiary/aromatic N) is 6. The Morgan fingerprint density at radius 1 is 1.42 bits per heavy atom. The standard InChI is InChI=1S/C12H16N6O/c1-16-5-6-19-10-9(16)11(17(2)8-3-4-8)15-18-7-13-14-12(10)18/h7-8H,3-6H2,1-2H3. The van der Waals surface area contributed by atoms with Crippen molar-refractivity contribution >= 4 is 17.2 Å². The highest BCUT2D eigenvalue weighted by atomic mass is 16.5. The Hall–Kier alpha value is -2.05. The van der Waals surface area contributed by atoms with Crippen molar-refractivity contribution in [2.45, 2.75) is 18.9 Å². The average Bonchev–Trinajstić information content (AvgIpc) is 3.15. The lowest BCUT2D eigenvalue weighted by molar-refractivity contribution is 0.312. The molecule has 0 saturated heterocycles. The van der Waals surface area contributed by atoms with E-state index in [0.717, 1.165) is 23.8 Å². The van der Waals surface area contributed by atoms with Gasteiger partial charge in [-0.3, -0.25) is 0 Å². The molecule has 0 radical (unpaired) electrons. The van der Waals surface area contributed by atoms with Crippen LogP contribution in [0.2, 0.25) is 0 Å². The van der Waals surface area contributed by atoms with Gasteiger partial charge < -0.3 is 14.5 Å². The molecular formula is C12H16N6O. The van der Waals surface area contributed by atoms with Crippen LogP contribution in [0.25, 0.3) is 5.65 Å². The fourth-order valence-corrected chi connectivity index (χ4v) is 2.56. The zero-order valence-electron chi connectivity index (χ0n) is 11.1. The summed E-state index contributed by atoms with van der Waals surface area (Å²) in [6.45, 7) is 1.53. The molecule has 1 aliphatic carbocycles. The second kappa shape index (κ2) is 3.72. The summed E-state index contributed by atoms with van der Waals surface area (Å²) >= 11 is 0. The van der Waals surface area contributed by atoms with Crippen LogP contribution in [0.4, 0.5) is 11.5 Å². The van der Waals surface area contributed by atoms with Crippen LogP contribution in [-0.2, 0) is 0 Å². The van der Waals surface area contributed by atoms with Gasteiger partial charge in [0.2, 0.25) is 5.65 Å². The maximum atomic E-state index is 5.82. The van der Waals surface area contributed by atoms with Gasteiger partial charge >= 0.3 is 0 Å². The lowest BCUT2D eigenvalue weighted by Gasteiger charge is -2.31. The highest BCUT2D eigenvalue weighted by Gasteiger charge is 2.33. The zero-order valence-corrected chi connectivity index (χ0v) is 11.1. The van der Waals surface area contributed by atoms with Crippen LogP contribution in [0.5, 0.6) is 5.75 Å². The van der Waals surface area contributed by atoms with Gasteiger partial charge in [-0.25, -0.2) is 0 Å². The third-order valence-electron chi connectivity index (χ3n) is 3.85. The summed E-state index contributed by atoms with van der Waals surface area (Å²) in [7, 11) is 4.17. The fourth-order valence-electron chi connectivity index (χ4n) is 2.56. The quantitative estimate of drug-likeness (QED) is 0.786. The highest BCUT2D eigenvalue weighted by molar-refractivity contribution is 5.81. The Kier molecular flexibility index (Phi) is 2.12. The summed E-state index contributed by atoms with van der Waals surface area (Å²) in [5.41, 5.74) is 1.72. The molecule has 0 atom stereocenters. The Morgan fingerprint density at radius 2 is 2.26 bits per heavy atom. The lowest BCUT2D eigenvalue weighted by atomic mass is 10.3. The van der Waals surface area contributed by atoms with E-state index in [0.29, 0.717) is 18.3 Å². The summed E-state index contributed by atoms with van der Waals surface area (Å²) in [4.78, 5) is 4.43. The Labute approximate surface area is 110 Å². The van der Waals surface area contributed by atoms with E-state index in [4.69, 9.17) is 4.74 Å². The molecule has 4 rings (SSSR count). The maximum Gasteiger partial charge on any atom is 0.222 e. The molecule has 0 N–H and O–H groups in total. The molecule has 1 saturated carbocycles. The lowest BCUT2D eigenvalue weighted by Crippen LogP contribution is -2.33. The van der Waals surface area contributed by atoms with E-state index in [1.54, 1.807) is 10.8 Å². The molecular weight excluding hydrogens is 244 g/mol. The van der Waals surface area contributed by atoms with Gasteiger partial charge in [0.25, 0.3) is 0 Å². The minimum atomic E-state index is 0.598. The summed E-state index contributed by atoms with van der Waals surface area (Å²) < 4.78 is 7.53. The van der Waals surface area contributed by atoms with E-state index in [-0.39, 0.29) is 0 Å². The number of anilines is 2. The van der Waals surface area contributed by atoms with Gasteiger partial charge in [-0.2, -0.15) is 4.52 Å². The molecule has 100 valence electrons. The van der Waals surface area contributed by atoms with Gasteiger partial charge in [-0.1, -0.05) is 0 Å². The first-order valence-corrected chi connectivity index (χ1v) is 6.56. The number of rotatable bonds is 2. The van der Waals surface area contributed by atoms with Gasteiger partial charge in [-0.05, 0) is 12.8 Å². The Morgan fingerprint density at radius 3 is 3.05 bits per heavy atom. The first-order chi connectivity index (χ1) is 9.25. The molecule has 1 fully saturated rings. The van der Waals surface area contributed by atoms with Gasteiger partial charge in [0.1, 0.15) is 18.6 Å². The van der Waals surface area contributed by atoms with Crippen molar-refractivity contribution in [3.8, 4) is 5.75 Å². The first-order valence-electron chi connectivity index (χ1n) is 6.56. The molecule has 2 aromatic heterocycles. The summed E-state index contributed by atoms with van der Waals surface area (Å²) in [5, 5.41) is 12.7. The maximum absolute atomic E-state index is 5.82. The van der Waals surface area contributed by atoms with Gasteiger partial charge in [0.15, 0.2) is 11.6 Å². The predicted molar refractivity (Wildman–Crippen MR) is 71.0 cm³/mol. The molecule has 3 heterocycles. The summed E-state index contributed by atoms with van der Waals surface area (Å²) in [5.74, 6) is 1.75. The zero-order chi connectivity index (χ0) is 13.0. The third-order valence-corrected chi connectivity index (χ3v) is 3.85. The number of ether oxygens (including phenoxy) is 1. The molecule has 0 bridgehead atoms. The van der Waals surface area contributed by atoms with E-state index in [9.17, 15) is 0 Å². The summed E-state index contributed by atoms with van der Waals surface area (Å²) in [6.07, 6.45) is 4.09. The number of aromatic nitrogens is 4. The van der Waals surface area contributed by atoms with Crippen molar-refractivity contribution in [3.63, 3.8) is 0 Å². The number of likely N-dealkylation sites (N-methyl/N-ethyl adjacent to an activating group) is 1. The van der Waals surface area contributed by atoms with E-state index >= 15 is 0 Å². The molecule has 0 aromatic carbocycles. The molecule has 0 unspecified atom stereocenters. The van der Waals surface area contributed by atoms with Gasteiger partial charge in [-0.15, -0.1) is 15.3 Å². The van der Waals surface area contributed by atoms with Crippen LogP contribution in [0.3, 0.4) is 0 Å². The molecule has 7 heteroatoms. The number of fused-ring (bicyclic) bond motifs is 3. The van der Waals surface area contributed by atoms with Gasteiger partial charge in [0, 0.05) is 20.1 Å². The smallest absolute Gasteiger partial charge is 0.222 e. The second-order valence-corrected chi connectivity index (χ2v) is 5.21. The molecule has 0 spiro atoms. The number of hydrogen-bond donors (Lipinski definition) is 0. The SMILES string of the molecule is CN1CCOc2c1c(N(C)C1CC1)nn1cnnc21. The van der Waals surface area contributed by atoms with Crippen LogP contribution in [0.1, 0.15) is 12.8 Å².